The number of carbonyl (C=O) groups excluding carboxylic acids is 2. The number of esters is 2. The molecular formula is C14H13NO7S2. The van der Waals surface area contributed by atoms with Gasteiger partial charge in [0, 0.05) is 0 Å². The van der Waals surface area contributed by atoms with Crippen LogP contribution in [0, 0.1) is 11.8 Å². The van der Waals surface area contributed by atoms with Crippen molar-refractivity contribution in [1.29, 1.82) is 0 Å². The first kappa shape index (κ1) is 16.8. The van der Waals surface area contributed by atoms with Gasteiger partial charge in [-0.15, -0.1) is 0 Å². The third kappa shape index (κ3) is 2.66. The molecule has 1 aromatic rings. The quantitative estimate of drug-likeness (QED) is 0.439. The Morgan fingerprint density at radius 1 is 0.958 bits per heavy atom. The van der Waals surface area contributed by atoms with Crippen LogP contribution in [0.3, 0.4) is 0 Å². The maximum atomic E-state index is 12.8. The third-order valence-corrected chi connectivity index (χ3v) is 7.14. The highest BCUT2D eigenvalue weighted by molar-refractivity contribution is 7.92. The number of carbonyl (C=O) groups is 2. The van der Waals surface area contributed by atoms with E-state index >= 15 is 0 Å². The van der Waals surface area contributed by atoms with E-state index in [2.05, 4.69) is 4.74 Å². The van der Waals surface area contributed by atoms with Crippen molar-refractivity contribution in [3.05, 3.63) is 36.4 Å². The van der Waals surface area contributed by atoms with E-state index in [-0.39, 0.29) is 16.2 Å². The average Bonchev–Trinajstić information content (AvgIpc) is 2.81. The fourth-order valence-corrected chi connectivity index (χ4v) is 5.26. The molecule has 0 bridgehead atoms. The number of hydrogen-bond donors (Lipinski definition) is 1. The van der Waals surface area contributed by atoms with E-state index < -0.39 is 48.9 Å². The van der Waals surface area contributed by atoms with E-state index in [1.54, 1.807) is 0 Å². The SMILES string of the molecule is NS(=O)(=O)c1ccc(S(=O)(=O)C2C=CCC3C(=O)OC(=O)C32)cc1. The molecule has 3 atom stereocenters. The summed E-state index contributed by atoms with van der Waals surface area (Å²) in [6.45, 7) is 0. The molecular weight excluding hydrogens is 358 g/mol. The largest absolute Gasteiger partial charge is 0.393 e. The van der Waals surface area contributed by atoms with Crippen LogP contribution in [0.1, 0.15) is 6.42 Å². The molecule has 10 heteroatoms. The van der Waals surface area contributed by atoms with Crippen LogP contribution in [0.15, 0.2) is 46.2 Å². The predicted octanol–water partition coefficient (Wildman–Crippen LogP) is -0.248. The van der Waals surface area contributed by atoms with Gasteiger partial charge in [-0.3, -0.25) is 9.59 Å². The van der Waals surface area contributed by atoms with Crippen molar-refractivity contribution in [2.75, 3.05) is 0 Å². The zero-order valence-electron chi connectivity index (χ0n) is 12.2. The molecule has 0 spiro atoms. The molecule has 1 saturated heterocycles. The number of benzene rings is 1. The first-order valence-electron chi connectivity index (χ1n) is 6.91. The van der Waals surface area contributed by atoms with Gasteiger partial charge in [-0.05, 0) is 30.7 Å². The zero-order chi connectivity index (χ0) is 17.7. The van der Waals surface area contributed by atoms with Crippen molar-refractivity contribution >= 4 is 31.8 Å². The minimum absolute atomic E-state index is 0.169. The summed E-state index contributed by atoms with van der Waals surface area (Å²) < 4.78 is 52.6. The second kappa shape index (κ2) is 5.50. The summed E-state index contributed by atoms with van der Waals surface area (Å²) in [4.78, 5) is 23.1. The highest BCUT2D eigenvalue weighted by atomic mass is 32.2. The molecule has 2 aliphatic rings. The summed E-state index contributed by atoms with van der Waals surface area (Å²) in [5.74, 6) is -3.49. The Bertz CT molecular complexity index is 945. The topological polar surface area (TPSA) is 138 Å². The van der Waals surface area contributed by atoms with Crippen LogP contribution in [0.4, 0.5) is 0 Å². The van der Waals surface area contributed by atoms with E-state index in [4.69, 9.17) is 5.14 Å². The summed E-state index contributed by atoms with van der Waals surface area (Å²) in [6.07, 6.45) is 3.14. The fourth-order valence-electron chi connectivity index (χ4n) is 2.91. The molecule has 1 fully saturated rings. The van der Waals surface area contributed by atoms with Crippen molar-refractivity contribution in [2.45, 2.75) is 21.5 Å². The molecule has 0 aromatic heterocycles. The van der Waals surface area contributed by atoms with Crippen molar-refractivity contribution < 1.29 is 31.2 Å². The van der Waals surface area contributed by atoms with Gasteiger partial charge in [-0.2, -0.15) is 0 Å². The summed E-state index contributed by atoms with van der Waals surface area (Å²) in [6, 6.07) is 4.36. The number of sulfonamides is 1. The van der Waals surface area contributed by atoms with Crippen molar-refractivity contribution in [3.63, 3.8) is 0 Å². The lowest BCUT2D eigenvalue weighted by Gasteiger charge is -2.24. The van der Waals surface area contributed by atoms with Gasteiger partial charge in [0.15, 0.2) is 9.84 Å². The van der Waals surface area contributed by atoms with Gasteiger partial charge in [0.25, 0.3) is 0 Å². The van der Waals surface area contributed by atoms with Crippen molar-refractivity contribution in [3.8, 4) is 0 Å². The van der Waals surface area contributed by atoms with E-state index in [1.807, 2.05) is 0 Å². The van der Waals surface area contributed by atoms with Crippen LogP contribution in [0.25, 0.3) is 0 Å². The van der Waals surface area contributed by atoms with Gasteiger partial charge in [0.2, 0.25) is 10.0 Å². The first-order valence-corrected chi connectivity index (χ1v) is 10.0. The fraction of sp³-hybridized carbons (Fsp3) is 0.286. The van der Waals surface area contributed by atoms with Crippen LogP contribution >= 0.6 is 0 Å². The number of fused-ring (bicyclic) bond motifs is 1. The van der Waals surface area contributed by atoms with Crippen molar-refractivity contribution in [1.82, 2.24) is 0 Å². The molecule has 3 rings (SSSR count). The van der Waals surface area contributed by atoms with E-state index in [1.165, 1.54) is 12.2 Å². The summed E-state index contributed by atoms with van der Waals surface area (Å²) in [7, 11) is -7.96. The van der Waals surface area contributed by atoms with Gasteiger partial charge in [-0.25, -0.2) is 22.0 Å². The molecule has 2 N–H and O–H groups in total. The lowest BCUT2D eigenvalue weighted by atomic mass is 9.85. The molecule has 8 nitrogen and oxygen atoms in total. The molecule has 1 heterocycles. The van der Waals surface area contributed by atoms with Gasteiger partial charge in [0.05, 0.1) is 26.9 Å². The van der Waals surface area contributed by atoms with E-state index in [0.717, 1.165) is 24.3 Å². The molecule has 3 unspecified atom stereocenters. The highest BCUT2D eigenvalue weighted by Crippen LogP contribution is 2.38. The standard InChI is InChI=1S/C14H13NO7S2/c15-24(20,21)9-6-4-8(5-7-9)23(18,19)11-3-1-2-10-12(11)14(17)22-13(10)16/h1,3-7,10-12H,2H2,(H2,15,20,21). The third-order valence-electron chi connectivity index (χ3n) is 4.12. The van der Waals surface area contributed by atoms with Crippen LogP contribution in [-0.2, 0) is 34.2 Å². The highest BCUT2D eigenvalue weighted by Gasteiger charge is 2.52. The zero-order valence-corrected chi connectivity index (χ0v) is 13.8. The number of ether oxygens (including phenoxy) is 1. The van der Waals surface area contributed by atoms with Crippen LogP contribution in [0.2, 0.25) is 0 Å². The van der Waals surface area contributed by atoms with Gasteiger partial charge in [-0.1, -0.05) is 12.2 Å². The number of nitrogens with two attached hydrogens (primary N) is 1. The number of allylic oxidation sites excluding steroid dienone is 1. The molecule has 1 aliphatic heterocycles. The normalized spacial score (nSPS) is 27.0. The van der Waals surface area contributed by atoms with Crippen LogP contribution in [-0.4, -0.2) is 34.0 Å². The van der Waals surface area contributed by atoms with E-state index in [9.17, 15) is 26.4 Å². The minimum atomic E-state index is -4.01. The molecule has 0 amide bonds. The Kier molecular flexibility index (Phi) is 3.85. The maximum absolute atomic E-state index is 12.8. The maximum Gasteiger partial charge on any atom is 0.319 e. The van der Waals surface area contributed by atoms with E-state index in [0.29, 0.717) is 0 Å². The Hall–Kier alpha value is -2.04. The summed E-state index contributed by atoms with van der Waals surface area (Å²) in [5, 5.41) is 3.73. The number of sulfone groups is 1. The molecule has 1 aliphatic carbocycles. The Balaban J connectivity index is 2.01. The molecule has 0 saturated carbocycles. The van der Waals surface area contributed by atoms with Crippen molar-refractivity contribution in [2.24, 2.45) is 17.0 Å². The monoisotopic (exact) mass is 371 g/mol. The lowest BCUT2D eigenvalue weighted by Crippen LogP contribution is -2.37. The Labute approximate surface area is 138 Å². The molecule has 0 radical (unpaired) electrons. The molecule has 24 heavy (non-hydrogen) atoms. The number of hydrogen-bond acceptors (Lipinski definition) is 7. The van der Waals surface area contributed by atoms with Crippen LogP contribution < -0.4 is 5.14 Å². The molecule has 128 valence electrons. The minimum Gasteiger partial charge on any atom is -0.393 e. The van der Waals surface area contributed by atoms with Crippen LogP contribution in [0.5, 0.6) is 0 Å². The van der Waals surface area contributed by atoms with Gasteiger partial charge >= 0.3 is 11.9 Å². The smallest absolute Gasteiger partial charge is 0.319 e. The molecule has 1 aromatic carbocycles. The average molecular weight is 371 g/mol. The second-order valence-corrected chi connectivity index (χ2v) is 9.23. The predicted molar refractivity (Wildman–Crippen MR) is 80.6 cm³/mol. The number of primary sulfonamides is 1. The first-order chi connectivity index (χ1) is 11.1. The van der Waals surface area contributed by atoms with Gasteiger partial charge < -0.3 is 4.74 Å². The van der Waals surface area contributed by atoms with Gasteiger partial charge in [0.1, 0.15) is 0 Å². The Morgan fingerprint density at radius 2 is 1.54 bits per heavy atom. The Morgan fingerprint density at radius 3 is 2.12 bits per heavy atom. The summed E-state index contributed by atoms with van der Waals surface area (Å²) in [5.41, 5.74) is 0. The lowest BCUT2D eigenvalue weighted by molar-refractivity contribution is -0.153. The number of cyclic esters (lactones) is 2. The second-order valence-electron chi connectivity index (χ2n) is 5.56. The number of rotatable bonds is 3. The summed E-state index contributed by atoms with van der Waals surface area (Å²) >= 11 is 0.